The minimum Gasteiger partial charge on any atom is -0.496 e. The van der Waals surface area contributed by atoms with Crippen molar-refractivity contribution in [2.75, 3.05) is 13.7 Å². The summed E-state index contributed by atoms with van der Waals surface area (Å²) >= 11 is 0. The molecular formula is C17H19FN2O4S. The highest BCUT2D eigenvalue weighted by molar-refractivity contribution is 7.89. The van der Waals surface area contributed by atoms with E-state index in [4.69, 9.17) is 4.74 Å². The quantitative estimate of drug-likeness (QED) is 0.746. The predicted octanol–water partition coefficient (Wildman–Crippen LogP) is 1.82. The summed E-state index contributed by atoms with van der Waals surface area (Å²) in [7, 11) is -2.22. The highest BCUT2D eigenvalue weighted by atomic mass is 32.2. The van der Waals surface area contributed by atoms with Gasteiger partial charge in [-0.2, -0.15) is 0 Å². The molecule has 0 saturated carbocycles. The van der Waals surface area contributed by atoms with E-state index in [2.05, 4.69) is 10.0 Å². The van der Waals surface area contributed by atoms with Gasteiger partial charge in [-0.1, -0.05) is 18.2 Å². The Morgan fingerprint density at radius 2 is 1.80 bits per heavy atom. The molecule has 0 heterocycles. The zero-order valence-corrected chi connectivity index (χ0v) is 14.5. The van der Waals surface area contributed by atoms with Crippen molar-refractivity contribution >= 4 is 15.9 Å². The van der Waals surface area contributed by atoms with Gasteiger partial charge in [-0.15, -0.1) is 0 Å². The molecule has 0 radical (unpaired) electrons. The molecule has 0 saturated heterocycles. The van der Waals surface area contributed by atoms with Crippen LogP contribution >= 0.6 is 0 Å². The van der Waals surface area contributed by atoms with E-state index >= 15 is 0 Å². The maximum absolute atomic E-state index is 12.8. The summed E-state index contributed by atoms with van der Waals surface area (Å²) in [5, 5.41) is 2.70. The van der Waals surface area contributed by atoms with Crippen LogP contribution in [0.1, 0.15) is 12.0 Å². The number of halogens is 1. The third kappa shape index (κ3) is 5.54. The van der Waals surface area contributed by atoms with Gasteiger partial charge in [-0.05, 0) is 30.3 Å². The number of rotatable bonds is 8. The Morgan fingerprint density at radius 3 is 2.48 bits per heavy atom. The van der Waals surface area contributed by atoms with Crippen LogP contribution in [-0.4, -0.2) is 28.0 Å². The lowest BCUT2D eigenvalue weighted by Crippen LogP contribution is -2.30. The van der Waals surface area contributed by atoms with E-state index in [0.717, 1.165) is 17.7 Å². The van der Waals surface area contributed by atoms with Crippen LogP contribution in [0.4, 0.5) is 4.39 Å². The molecule has 2 rings (SSSR count). The van der Waals surface area contributed by atoms with Crippen LogP contribution in [0.2, 0.25) is 0 Å². The van der Waals surface area contributed by atoms with Crippen LogP contribution in [-0.2, 0) is 21.4 Å². The smallest absolute Gasteiger partial charge is 0.240 e. The van der Waals surface area contributed by atoms with Crippen molar-refractivity contribution in [3.63, 3.8) is 0 Å². The summed E-state index contributed by atoms with van der Waals surface area (Å²) in [5.41, 5.74) is 0.824. The number of methoxy groups -OCH3 is 1. The van der Waals surface area contributed by atoms with Crippen molar-refractivity contribution in [1.29, 1.82) is 0 Å². The van der Waals surface area contributed by atoms with Crippen LogP contribution in [0.15, 0.2) is 53.4 Å². The second-order valence-corrected chi connectivity index (χ2v) is 6.96. The van der Waals surface area contributed by atoms with E-state index in [-0.39, 0.29) is 30.3 Å². The Morgan fingerprint density at radius 1 is 1.12 bits per heavy atom. The summed E-state index contributed by atoms with van der Waals surface area (Å²) < 4.78 is 44.3. The third-order valence-corrected chi connectivity index (χ3v) is 4.91. The van der Waals surface area contributed by atoms with Crippen molar-refractivity contribution in [2.24, 2.45) is 0 Å². The summed E-state index contributed by atoms with van der Waals surface area (Å²) in [6.45, 7) is 0.227. The fourth-order valence-electron chi connectivity index (χ4n) is 2.13. The van der Waals surface area contributed by atoms with E-state index in [1.165, 1.54) is 12.1 Å². The van der Waals surface area contributed by atoms with Crippen LogP contribution in [0, 0.1) is 5.82 Å². The molecule has 0 atom stereocenters. The molecule has 0 aliphatic heterocycles. The Labute approximate surface area is 146 Å². The largest absolute Gasteiger partial charge is 0.496 e. The van der Waals surface area contributed by atoms with Crippen LogP contribution in [0.25, 0.3) is 0 Å². The summed E-state index contributed by atoms with van der Waals surface area (Å²) in [6, 6.07) is 11.7. The second kappa shape index (κ2) is 8.59. The molecule has 0 spiro atoms. The summed E-state index contributed by atoms with van der Waals surface area (Å²) in [5.74, 6) is -0.151. The molecule has 6 nitrogen and oxygen atoms in total. The van der Waals surface area contributed by atoms with Gasteiger partial charge in [0.05, 0.1) is 12.0 Å². The van der Waals surface area contributed by atoms with E-state index < -0.39 is 15.8 Å². The molecule has 25 heavy (non-hydrogen) atoms. The number of benzene rings is 2. The van der Waals surface area contributed by atoms with Crippen molar-refractivity contribution in [3.05, 3.63) is 59.9 Å². The van der Waals surface area contributed by atoms with Crippen LogP contribution < -0.4 is 14.8 Å². The maximum Gasteiger partial charge on any atom is 0.240 e. The molecular weight excluding hydrogens is 347 g/mol. The summed E-state index contributed by atoms with van der Waals surface area (Å²) in [4.78, 5) is 11.8. The third-order valence-electron chi connectivity index (χ3n) is 3.44. The molecule has 0 bridgehead atoms. The standard InChI is InChI=1S/C17H19FN2O4S/c1-24-16-5-3-2-4-13(16)12-19-17(21)10-11-20-25(22,23)15-8-6-14(18)7-9-15/h2-9,20H,10-12H2,1H3,(H,19,21). The molecule has 1 amide bonds. The molecule has 0 aliphatic rings. The summed E-state index contributed by atoms with van der Waals surface area (Å²) in [6.07, 6.45) is -0.0183. The topological polar surface area (TPSA) is 84.5 Å². The van der Waals surface area contributed by atoms with Gasteiger partial charge in [-0.25, -0.2) is 17.5 Å². The second-order valence-electron chi connectivity index (χ2n) is 5.19. The average Bonchev–Trinajstić information content (AvgIpc) is 2.60. The first-order valence-electron chi connectivity index (χ1n) is 7.56. The molecule has 134 valence electrons. The normalized spacial score (nSPS) is 11.1. The molecule has 0 aromatic heterocycles. The number of carbonyl (C=O) groups excluding carboxylic acids is 1. The number of carbonyl (C=O) groups is 1. The van der Waals surface area contributed by atoms with Gasteiger partial charge in [-0.3, -0.25) is 4.79 Å². The number of amides is 1. The van der Waals surface area contributed by atoms with Gasteiger partial charge >= 0.3 is 0 Å². The molecule has 2 aromatic rings. The van der Waals surface area contributed by atoms with Gasteiger partial charge < -0.3 is 10.1 Å². The number of nitrogens with one attached hydrogen (secondary N) is 2. The predicted molar refractivity (Wildman–Crippen MR) is 91.0 cm³/mol. The molecule has 8 heteroatoms. The lowest BCUT2D eigenvalue weighted by atomic mass is 10.2. The Kier molecular flexibility index (Phi) is 6.49. The molecule has 0 aliphatic carbocycles. The SMILES string of the molecule is COc1ccccc1CNC(=O)CCNS(=O)(=O)c1ccc(F)cc1. The highest BCUT2D eigenvalue weighted by Crippen LogP contribution is 2.16. The number of hydrogen-bond acceptors (Lipinski definition) is 4. The Bertz CT molecular complexity index is 823. The molecule has 2 aromatic carbocycles. The zero-order valence-electron chi connectivity index (χ0n) is 13.7. The van der Waals surface area contributed by atoms with E-state index in [1.807, 2.05) is 18.2 Å². The number of para-hydroxylation sites is 1. The van der Waals surface area contributed by atoms with Gasteiger partial charge in [0.2, 0.25) is 15.9 Å². The molecule has 0 fully saturated rings. The highest BCUT2D eigenvalue weighted by Gasteiger charge is 2.14. The minimum atomic E-state index is -3.77. The van der Waals surface area contributed by atoms with Crippen molar-refractivity contribution < 1.29 is 22.3 Å². The lowest BCUT2D eigenvalue weighted by Gasteiger charge is -2.10. The van der Waals surface area contributed by atoms with Gasteiger partial charge in [0.1, 0.15) is 11.6 Å². The maximum atomic E-state index is 12.8. The Balaban J connectivity index is 1.81. The van der Waals surface area contributed by atoms with Crippen molar-refractivity contribution in [1.82, 2.24) is 10.0 Å². The first-order valence-corrected chi connectivity index (χ1v) is 9.04. The van der Waals surface area contributed by atoms with E-state index in [1.54, 1.807) is 13.2 Å². The Hall–Kier alpha value is -2.45. The first-order chi connectivity index (χ1) is 11.9. The van der Waals surface area contributed by atoms with Gasteiger partial charge in [0, 0.05) is 25.1 Å². The zero-order chi connectivity index (χ0) is 18.3. The van der Waals surface area contributed by atoms with Crippen molar-refractivity contribution in [3.8, 4) is 5.75 Å². The number of ether oxygens (including phenoxy) is 1. The molecule has 0 unspecified atom stereocenters. The van der Waals surface area contributed by atoms with E-state index in [9.17, 15) is 17.6 Å². The van der Waals surface area contributed by atoms with Crippen LogP contribution in [0.3, 0.4) is 0 Å². The average molecular weight is 366 g/mol. The van der Waals surface area contributed by atoms with Gasteiger partial charge in [0.15, 0.2) is 0 Å². The van der Waals surface area contributed by atoms with Crippen molar-refractivity contribution in [2.45, 2.75) is 17.9 Å². The number of sulfonamides is 1. The van der Waals surface area contributed by atoms with E-state index in [0.29, 0.717) is 5.75 Å². The fraction of sp³-hybridized carbons (Fsp3) is 0.235. The van der Waals surface area contributed by atoms with Gasteiger partial charge in [0.25, 0.3) is 0 Å². The fourth-order valence-corrected chi connectivity index (χ4v) is 3.16. The molecule has 2 N–H and O–H groups in total. The van der Waals surface area contributed by atoms with Crippen LogP contribution in [0.5, 0.6) is 5.75 Å². The first kappa shape index (κ1) is 18.9. The minimum absolute atomic E-state index is 0.0183. The lowest BCUT2D eigenvalue weighted by molar-refractivity contribution is -0.121. The monoisotopic (exact) mass is 366 g/mol. The number of hydrogen-bond donors (Lipinski definition) is 2.